The van der Waals surface area contributed by atoms with E-state index in [-0.39, 0.29) is 0 Å². The fourth-order valence-corrected chi connectivity index (χ4v) is 2.55. The second kappa shape index (κ2) is 7.10. The summed E-state index contributed by atoms with van der Waals surface area (Å²) in [6, 6.07) is 15.6. The van der Waals surface area contributed by atoms with Crippen molar-refractivity contribution < 1.29 is 9.15 Å². The Morgan fingerprint density at radius 1 is 1.15 bits per heavy atom. The molecule has 0 radical (unpaired) electrons. The number of benzene rings is 2. The molecule has 0 atom stereocenters. The van der Waals surface area contributed by atoms with E-state index in [1.165, 1.54) is 6.33 Å². The average Bonchev–Trinajstić information content (AvgIpc) is 3.39. The molecule has 0 aliphatic heterocycles. The summed E-state index contributed by atoms with van der Waals surface area (Å²) in [5.41, 5.74) is 2.85. The lowest BCUT2D eigenvalue weighted by atomic mass is 10.2. The first kappa shape index (κ1) is 15.9. The molecule has 0 aliphatic carbocycles. The highest BCUT2D eigenvalue weighted by Gasteiger charge is 2.07. The third-order valence-corrected chi connectivity index (χ3v) is 3.90. The molecule has 0 spiro atoms. The van der Waals surface area contributed by atoms with Gasteiger partial charge in [0.05, 0.1) is 25.5 Å². The van der Waals surface area contributed by atoms with Gasteiger partial charge in [0.1, 0.15) is 18.4 Å². The van der Waals surface area contributed by atoms with Crippen LogP contribution in [0.25, 0.3) is 17.0 Å². The molecule has 2 heterocycles. The van der Waals surface area contributed by atoms with Gasteiger partial charge in [-0.25, -0.2) is 14.6 Å². The van der Waals surface area contributed by atoms with Gasteiger partial charge in [0, 0.05) is 11.3 Å². The summed E-state index contributed by atoms with van der Waals surface area (Å²) in [7, 11) is 1.64. The van der Waals surface area contributed by atoms with Crippen molar-refractivity contribution in [2.45, 2.75) is 6.54 Å². The number of aromatic nitrogens is 4. The number of hydrogen-bond donors (Lipinski definition) is 1. The summed E-state index contributed by atoms with van der Waals surface area (Å²) in [5.74, 6) is 2.11. The van der Waals surface area contributed by atoms with Crippen molar-refractivity contribution in [1.82, 2.24) is 19.7 Å². The molecule has 0 fully saturated rings. The highest BCUT2D eigenvalue weighted by atomic mass is 16.5. The van der Waals surface area contributed by atoms with Gasteiger partial charge < -0.3 is 14.5 Å². The summed E-state index contributed by atoms with van der Waals surface area (Å²) in [4.78, 5) is 8.27. The van der Waals surface area contributed by atoms with E-state index in [2.05, 4.69) is 20.4 Å². The Labute approximate surface area is 150 Å². The summed E-state index contributed by atoms with van der Waals surface area (Å²) in [6.07, 6.45) is 4.89. The van der Waals surface area contributed by atoms with Crippen LogP contribution in [0.5, 0.6) is 5.75 Å². The molecule has 2 aromatic heterocycles. The fourth-order valence-electron chi connectivity index (χ4n) is 2.55. The van der Waals surface area contributed by atoms with Crippen LogP contribution in [0, 0.1) is 0 Å². The number of methoxy groups -OCH3 is 1. The predicted molar refractivity (Wildman–Crippen MR) is 97.2 cm³/mol. The number of nitrogens with zero attached hydrogens (tertiary/aromatic N) is 4. The first-order chi connectivity index (χ1) is 12.8. The summed E-state index contributed by atoms with van der Waals surface area (Å²) in [5, 5.41) is 7.40. The lowest BCUT2D eigenvalue weighted by molar-refractivity contribution is 0.414. The number of rotatable bonds is 6. The molecule has 0 bridgehead atoms. The first-order valence-electron chi connectivity index (χ1n) is 8.10. The van der Waals surface area contributed by atoms with Crippen LogP contribution in [0.4, 0.5) is 5.69 Å². The molecule has 2 aromatic carbocycles. The van der Waals surface area contributed by atoms with Crippen molar-refractivity contribution in [2.24, 2.45) is 0 Å². The Bertz CT molecular complexity index is 977. The van der Waals surface area contributed by atoms with Gasteiger partial charge in [0.25, 0.3) is 0 Å². The lowest BCUT2D eigenvalue weighted by Crippen LogP contribution is -2.00. The van der Waals surface area contributed by atoms with Crippen molar-refractivity contribution in [2.75, 3.05) is 12.4 Å². The zero-order valence-electron chi connectivity index (χ0n) is 14.2. The van der Waals surface area contributed by atoms with Crippen LogP contribution in [-0.4, -0.2) is 26.9 Å². The standard InChI is InChI=1S/C19H17N5O2/c1-25-17-4-2-3-14(9-17)18-10-22-19(26-18)11-21-15-5-7-16(8-6-15)24-13-20-12-23-24/h2-10,12-13,21H,11H2,1H3. The molecule has 0 aliphatic rings. The Morgan fingerprint density at radius 2 is 2.04 bits per heavy atom. The van der Waals surface area contributed by atoms with Gasteiger partial charge in [-0.3, -0.25) is 0 Å². The fraction of sp³-hybridized carbons (Fsp3) is 0.105. The molecule has 0 saturated carbocycles. The van der Waals surface area contributed by atoms with Crippen LogP contribution < -0.4 is 10.1 Å². The normalized spacial score (nSPS) is 10.7. The molecule has 0 saturated heterocycles. The van der Waals surface area contributed by atoms with Gasteiger partial charge in [0.15, 0.2) is 5.76 Å². The molecule has 1 N–H and O–H groups in total. The van der Waals surface area contributed by atoms with Gasteiger partial charge in [-0.2, -0.15) is 5.10 Å². The van der Waals surface area contributed by atoms with Crippen LogP contribution in [0.3, 0.4) is 0 Å². The minimum Gasteiger partial charge on any atom is -0.497 e. The van der Waals surface area contributed by atoms with Crippen molar-refractivity contribution in [3.8, 4) is 22.8 Å². The number of ether oxygens (including phenoxy) is 1. The van der Waals surface area contributed by atoms with Gasteiger partial charge in [-0.1, -0.05) is 12.1 Å². The van der Waals surface area contributed by atoms with Crippen LogP contribution in [0.2, 0.25) is 0 Å². The summed E-state index contributed by atoms with van der Waals surface area (Å²) < 4.78 is 12.8. The van der Waals surface area contributed by atoms with Crippen LogP contribution in [0.15, 0.2) is 71.8 Å². The third-order valence-electron chi connectivity index (χ3n) is 3.90. The molecular formula is C19H17N5O2. The number of anilines is 1. The van der Waals surface area contributed by atoms with E-state index in [9.17, 15) is 0 Å². The molecule has 4 rings (SSSR count). The van der Waals surface area contributed by atoms with E-state index in [1.54, 1.807) is 24.3 Å². The number of nitrogens with one attached hydrogen (secondary N) is 1. The molecule has 0 unspecified atom stereocenters. The summed E-state index contributed by atoms with van der Waals surface area (Å²) >= 11 is 0. The van der Waals surface area contributed by atoms with E-state index in [0.717, 1.165) is 22.7 Å². The second-order valence-corrected chi connectivity index (χ2v) is 5.59. The molecule has 7 nitrogen and oxygen atoms in total. The highest BCUT2D eigenvalue weighted by Crippen LogP contribution is 2.24. The zero-order chi connectivity index (χ0) is 17.8. The van der Waals surface area contributed by atoms with Crippen molar-refractivity contribution in [3.05, 3.63) is 73.3 Å². The maximum absolute atomic E-state index is 5.82. The summed E-state index contributed by atoms with van der Waals surface area (Å²) in [6.45, 7) is 0.493. The van der Waals surface area contributed by atoms with E-state index >= 15 is 0 Å². The minimum absolute atomic E-state index is 0.493. The Kier molecular flexibility index (Phi) is 4.34. The molecule has 26 heavy (non-hydrogen) atoms. The van der Waals surface area contributed by atoms with Crippen molar-refractivity contribution in [3.63, 3.8) is 0 Å². The monoisotopic (exact) mass is 347 g/mol. The molecule has 7 heteroatoms. The van der Waals surface area contributed by atoms with Gasteiger partial charge >= 0.3 is 0 Å². The Hall–Kier alpha value is -3.61. The van der Waals surface area contributed by atoms with Gasteiger partial charge in [-0.05, 0) is 36.4 Å². The van der Waals surface area contributed by atoms with E-state index in [0.29, 0.717) is 18.2 Å². The molecular weight excluding hydrogens is 330 g/mol. The SMILES string of the molecule is COc1cccc(-c2cnc(CNc3ccc(-n4cncn4)cc3)o2)c1. The average molecular weight is 347 g/mol. The highest BCUT2D eigenvalue weighted by molar-refractivity contribution is 5.58. The number of hydrogen-bond acceptors (Lipinski definition) is 6. The topological polar surface area (TPSA) is 78.0 Å². The van der Waals surface area contributed by atoms with E-state index < -0.39 is 0 Å². The smallest absolute Gasteiger partial charge is 0.214 e. The van der Waals surface area contributed by atoms with Gasteiger partial charge in [0.2, 0.25) is 5.89 Å². The quantitative estimate of drug-likeness (QED) is 0.575. The van der Waals surface area contributed by atoms with Crippen LogP contribution in [-0.2, 0) is 6.54 Å². The second-order valence-electron chi connectivity index (χ2n) is 5.59. The predicted octanol–water partition coefficient (Wildman–Crippen LogP) is 3.54. The first-order valence-corrected chi connectivity index (χ1v) is 8.10. The van der Waals surface area contributed by atoms with Gasteiger partial charge in [-0.15, -0.1) is 0 Å². The van der Waals surface area contributed by atoms with E-state index in [1.807, 2.05) is 48.5 Å². The zero-order valence-corrected chi connectivity index (χ0v) is 14.2. The van der Waals surface area contributed by atoms with Crippen LogP contribution in [0.1, 0.15) is 5.89 Å². The number of oxazole rings is 1. The largest absolute Gasteiger partial charge is 0.497 e. The van der Waals surface area contributed by atoms with Crippen molar-refractivity contribution >= 4 is 5.69 Å². The minimum atomic E-state index is 0.493. The Balaban J connectivity index is 1.41. The molecule has 0 amide bonds. The maximum Gasteiger partial charge on any atom is 0.214 e. The molecule has 130 valence electrons. The van der Waals surface area contributed by atoms with Crippen molar-refractivity contribution in [1.29, 1.82) is 0 Å². The van der Waals surface area contributed by atoms with E-state index in [4.69, 9.17) is 9.15 Å². The maximum atomic E-state index is 5.82. The van der Waals surface area contributed by atoms with Crippen LogP contribution >= 0.6 is 0 Å². The molecule has 4 aromatic rings. The Morgan fingerprint density at radius 3 is 2.81 bits per heavy atom. The lowest BCUT2D eigenvalue weighted by Gasteiger charge is -2.05. The third kappa shape index (κ3) is 3.41.